The summed E-state index contributed by atoms with van der Waals surface area (Å²) in [6.07, 6.45) is 1.69. The largest absolute Gasteiger partial charge is 0.501 e. The van der Waals surface area contributed by atoms with Crippen LogP contribution in [0.3, 0.4) is 0 Å². The average molecular weight is 277 g/mol. The number of benzene rings is 1. The number of amides is 1. The molecule has 4 nitrogen and oxygen atoms in total. The molecule has 0 spiro atoms. The Hall–Kier alpha value is -1.81. The van der Waals surface area contributed by atoms with Gasteiger partial charge in [0, 0.05) is 18.5 Å². The third-order valence-corrected chi connectivity index (χ3v) is 3.13. The van der Waals surface area contributed by atoms with E-state index >= 15 is 0 Å². The molecule has 2 N–H and O–H groups in total. The molecule has 20 heavy (non-hydrogen) atoms. The number of hydrogen-bond acceptors (Lipinski definition) is 3. The van der Waals surface area contributed by atoms with Crippen LogP contribution in [-0.2, 0) is 11.2 Å². The van der Waals surface area contributed by atoms with Crippen LogP contribution in [0.25, 0.3) is 0 Å². The van der Waals surface area contributed by atoms with Gasteiger partial charge in [0.05, 0.1) is 19.5 Å². The van der Waals surface area contributed by atoms with Gasteiger partial charge in [-0.3, -0.25) is 4.79 Å². The maximum atomic E-state index is 11.7. The molecule has 0 aliphatic rings. The topological polar surface area (TPSA) is 58.6 Å². The first-order chi connectivity index (χ1) is 9.62. The lowest BCUT2D eigenvalue weighted by atomic mass is 10.0. The van der Waals surface area contributed by atoms with Gasteiger partial charge in [-0.15, -0.1) is 0 Å². The summed E-state index contributed by atoms with van der Waals surface area (Å²) in [5.41, 5.74) is 2.95. The van der Waals surface area contributed by atoms with E-state index in [2.05, 4.69) is 19.2 Å². The third-order valence-electron chi connectivity index (χ3n) is 3.13. The van der Waals surface area contributed by atoms with Crippen LogP contribution in [-0.4, -0.2) is 31.3 Å². The Balaban J connectivity index is 2.72. The van der Waals surface area contributed by atoms with E-state index in [0.717, 1.165) is 24.2 Å². The minimum Gasteiger partial charge on any atom is -0.501 e. The third kappa shape index (κ3) is 4.70. The number of aliphatic hydroxyl groups excluding tert-OH is 1. The zero-order valence-electron chi connectivity index (χ0n) is 12.4. The molecular weight excluding hydrogens is 254 g/mol. The SMILES string of the molecule is CC/C(OC)=C(/C)Cc1ccc(C(=O)NCCO)cc1. The predicted octanol–water partition coefficient (Wildman–Crippen LogP) is 2.28. The molecule has 0 bridgehead atoms. The van der Waals surface area contributed by atoms with Crippen molar-refractivity contribution in [3.05, 3.63) is 46.7 Å². The molecule has 0 unspecified atom stereocenters. The summed E-state index contributed by atoms with van der Waals surface area (Å²) in [7, 11) is 1.69. The Morgan fingerprint density at radius 1 is 1.30 bits per heavy atom. The number of methoxy groups -OCH3 is 1. The molecule has 1 rings (SSSR count). The maximum absolute atomic E-state index is 11.7. The summed E-state index contributed by atoms with van der Waals surface area (Å²) in [6.45, 7) is 4.35. The van der Waals surface area contributed by atoms with Crippen LogP contribution >= 0.6 is 0 Å². The molecular formula is C16H23NO3. The lowest BCUT2D eigenvalue weighted by Gasteiger charge is -2.10. The molecule has 0 fully saturated rings. The van der Waals surface area contributed by atoms with E-state index in [-0.39, 0.29) is 19.1 Å². The maximum Gasteiger partial charge on any atom is 0.251 e. The number of nitrogens with one attached hydrogen (secondary N) is 1. The first kappa shape index (κ1) is 16.2. The molecule has 0 aliphatic heterocycles. The number of rotatable bonds is 7. The van der Waals surface area contributed by atoms with Gasteiger partial charge in [-0.1, -0.05) is 19.1 Å². The van der Waals surface area contributed by atoms with Crippen molar-refractivity contribution in [2.75, 3.05) is 20.3 Å². The van der Waals surface area contributed by atoms with Crippen molar-refractivity contribution < 1.29 is 14.6 Å². The summed E-state index contributed by atoms with van der Waals surface area (Å²) in [5.74, 6) is 0.846. The van der Waals surface area contributed by atoms with E-state index in [1.807, 2.05) is 12.1 Å². The van der Waals surface area contributed by atoms with E-state index < -0.39 is 0 Å². The van der Waals surface area contributed by atoms with Crippen molar-refractivity contribution in [3.8, 4) is 0 Å². The Bertz CT molecular complexity index is 457. The normalized spacial score (nSPS) is 11.8. The molecule has 1 aromatic carbocycles. The summed E-state index contributed by atoms with van der Waals surface area (Å²) in [6, 6.07) is 7.49. The van der Waals surface area contributed by atoms with Gasteiger partial charge < -0.3 is 15.2 Å². The number of carbonyl (C=O) groups is 1. The van der Waals surface area contributed by atoms with Crippen molar-refractivity contribution in [2.24, 2.45) is 0 Å². The van der Waals surface area contributed by atoms with Crippen molar-refractivity contribution in [2.45, 2.75) is 26.7 Å². The molecule has 0 atom stereocenters. The average Bonchev–Trinajstić information content (AvgIpc) is 2.46. The highest BCUT2D eigenvalue weighted by Gasteiger charge is 2.06. The zero-order chi connectivity index (χ0) is 15.0. The van der Waals surface area contributed by atoms with Crippen LogP contribution in [0.1, 0.15) is 36.2 Å². The smallest absolute Gasteiger partial charge is 0.251 e. The number of aliphatic hydroxyl groups is 1. The van der Waals surface area contributed by atoms with Gasteiger partial charge in [0.1, 0.15) is 0 Å². The molecule has 1 amide bonds. The second kappa shape index (κ2) is 8.38. The first-order valence-electron chi connectivity index (χ1n) is 6.83. The summed E-state index contributed by atoms with van der Waals surface area (Å²) < 4.78 is 5.33. The Labute approximate surface area is 120 Å². The Morgan fingerprint density at radius 3 is 2.45 bits per heavy atom. The van der Waals surface area contributed by atoms with Crippen LogP contribution in [0.15, 0.2) is 35.6 Å². The fourth-order valence-electron chi connectivity index (χ4n) is 2.07. The highest BCUT2D eigenvalue weighted by molar-refractivity contribution is 5.94. The fraction of sp³-hybridized carbons (Fsp3) is 0.438. The van der Waals surface area contributed by atoms with E-state index in [0.29, 0.717) is 5.56 Å². The van der Waals surface area contributed by atoms with Crippen molar-refractivity contribution in [3.63, 3.8) is 0 Å². The molecule has 110 valence electrons. The number of ether oxygens (including phenoxy) is 1. The highest BCUT2D eigenvalue weighted by Crippen LogP contribution is 2.15. The van der Waals surface area contributed by atoms with Gasteiger partial charge >= 0.3 is 0 Å². The van der Waals surface area contributed by atoms with Gasteiger partial charge in [0.15, 0.2) is 0 Å². The second-order valence-corrected chi connectivity index (χ2v) is 4.61. The van der Waals surface area contributed by atoms with Crippen molar-refractivity contribution >= 4 is 5.91 Å². The van der Waals surface area contributed by atoms with Gasteiger partial charge in [0.2, 0.25) is 0 Å². The molecule has 0 aliphatic carbocycles. The van der Waals surface area contributed by atoms with Crippen LogP contribution in [0.4, 0.5) is 0 Å². The number of carbonyl (C=O) groups excluding carboxylic acids is 1. The quantitative estimate of drug-likeness (QED) is 0.752. The van der Waals surface area contributed by atoms with E-state index in [4.69, 9.17) is 9.84 Å². The van der Waals surface area contributed by atoms with Crippen LogP contribution in [0.5, 0.6) is 0 Å². The molecule has 0 heterocycles. The predicted molar refractivity (Wildman–Crippen MR) is 79.6 cm³/mol. The van der Waals surface area contributed by atoms with E-state index in [1.54, 1.807) is 19.2 Å². The number of allylic oxidation sites excluding steroid dienone is 2. The first-order valence-corrected chi connectivity index (χ1v) is 6.83. The zero-order valence-corrected chi connectivity index (χ0v) is 12.4. The molecule has 0 radical (unpaired) electrons. The molecule has 0 saturated heterocycles. The molecule has 4 heteroatoms. The molecule has 1 aromatic rings. The van der Waals surface area contributed by atoms with Crippen molar-refractivity contribution in [1.82, 2.24) is 5.32 Å². The van der Waals surface area contributed by atoms with Crippen molar-refractivity contribution in [1.29, 1.82) is 0 Å². The highest BCUT2D eigenvalue weighted by atomic mass is 16.5. The van der Waals surface area contributed by atoms with Gasteiger partial charge in [-0.05, 0) is 36.6 Å². The standard InChI is InChI=1S/C16H23NO3/c1-4-15(20-3)12(2)11-13-5-7-14(8-6-13)16(19)17-9-10-18/h5-8,18H,4,9-11H2,1-3H3,(H,17,19)/b15-12+. The lowest BCUT2D eigenvalue weighted by molar-refractivity contribution is 0.0945. The number of hydrogen-bond donors (Lipinski definition) is 2. The Kier molecular flexibility index (Phi) is 6.81. The van der Waals surface area contributed by atoms with E-state index in [9.17, 15) is 4.79 Å². The van der Waals surface area contributed by atoms with Crippen LogP contribution in [0.2, 0.25) is 0 Å². The fourth-order valence-corrected chi connectivity index (χ4v) is 2.07. The minimum atomic E-state index is -0.163. The van der Waals surface area contributed by atoms with Crippen LogP contribution in [0, 0.1) is 0 Å². The molecule has 0 aromatic heterocycles. The van der Waals surface area contributed by atoms with Crippen LogP contribution < -0.4 is 5.32 Å². The Morgan fingerprint density at radius 2 is 1.95 bits per heavy atom. The van der Waals surface area contributed by atoms with Gasteiger partial charge in [-0.2, -0.15) is 0 Å². The summed E-state index contributed by atoms with van der Waals surface area (Å²) in [4.78, 5) is 11.7. The summed E-state index contributed by atoms with van der Waals surface area (Å²) >= 11 is 0. The monoisotopic (exact) mass is 277 g/mol. The minimum absolute atomic E-state index is 0.0510. The molecule has 0 saturated carbocycles. The van der Waals surface area contributed by atoms with Gasteiger partial charge in [-0.25, -0.2) is 0 Å². The summed E-state index contributed by atoms with van der Waals surface area (Å²) in [5, 5.41) is 11.3. The van der Waals surface area contributed by atoms with E-state index in [1.165, 1.54) is 5.57 Å². The van der Waals surface area contributed by atoms with Gasteiger partial charge in [0.25, 0.3) is 5.91 Å². The second-order valence-electron chi connectivity index (χ2n) is 4.61. The lowest BCUT2D eigenvalue weighted by Crippen LogP contribution is -2.26.